The minimum absolute atomic E-state index is 0.150. The molecule has 100 valence electrons. The number of nitrogens with one attached hydrogen (secondary N) is 1. The van der Waals surface area contributed by atoms with E-state index in [1.807, 2.05) is 22.8 Å². The highest BCUT2D eigenvalue weighted by Crippen LogP contribution is 2.11. The molecule has 0 aliphatic rings. The molecule has 1 aromatic heterocycles. The molecule has 5 heteroatoms. The van der Waals surface area contributed by atoms with Gasteiger partial charge in [0.05, 0.1) is 0 Å². The molecule has 1 aromatic carbocycles. The van der Waals surface area contributed by atoms with E-state index in [0.717, 1.165) is 19.5 Å². The number of para-hydroxylation sites is 1. The monoisotopic (exact) mass is 275 g/mol. The van der Waals surface area contributed by atoms with Crippen LogP contribution in [-0.4, -0.2) is 23.1 Å². The van der Waals surface area contributed by atoms with Crippen LogP contribution in [0.3, 0.4) is 0 Å². The van der Waals surface area contributed by atoms with Crippen molar-refractivity contribution < 1.29 is 0 Å². The fourth-order valence-electron chi connectivity index (χ4n) is 1.91. The van der Waals surface area contributed by atoms with Crippen molar-refractivity contribution in [2.24, 2.45) is 0 Å². The Morgan fingerprint density at radius 1 is 1.26 bits per heavy atom. The average Bonchev–Trinajstić information content (AvgIpc) is 2.42. The summed E-state index contributed by atoms with van der Waals surface area (Å²) in [6.07, 6.45) is 2.70. The van der Waals surface area contributed by atoms with E-state index in [-0.39, 0.29) is 5.56 Å². The van der Waals surface area contributed by atoms with Crippen molar-refractivity contribution in [3.63, 3.8) is 0 Å². The third-order valence-corrected chi connectivity index (χ3v) is 3.32. The summed E-state index contributed by atoms with van der Waals surface area (Å²) in [6, 6.07) is 11.7. The Kier molecular flexibility index (Phi) is 4.52. The van der Waals surface area contributed by atoms with Gasteiger partial charge in [-0.25, -0.2) is 0 Å². The SMILES string of the molecule is CN(CCCn1ccc(=O)[nH]c1=S)c1ccccc1. The molecule has 19 heavy (non-hydrogen) atoms. The standard InChI is InChI=1S/C14H17N3OS/c1-16(12-6-3-2-4-7-12)9-5-10-17-11-8-13(18)15-14(17)19/h2-4,6-8,11H,5,9-10H2,1H3,(H,15,18,19). The molecule has 0 atom stereocenters. The van der Waals surface area contributed by atoms with Crippen molar-refractivity contribution in [1.29, 1.82) is 0 Å². The summed E-state index contributed by atoms with van der Waals surface area (Å²) < 4.78 is 2.37. The number of aromatic amines is 1. The Morgan fingerprint density at radius 2 is 2.00 bits per heavy atom. The van der Waals surface area contributed by atoms with Crippen LogP contribution >= 0.6 is 12.2 Å². The molecule has 0 radical (unpaired) electrons. The lowest BCUT2D eigenvalue weighted by Crippen LogP contribution is -2.20. The number of H-pyrrole nitrogens is 1. The van der Waals surface area contributed by atoms with Gasteiger partial charge in [0.15, 0.2) is 4.77 Å². The zero-order valence-corrected chi connectivity index (χ0v) is 11.7. The van der Waals surface area contributed by atoms with Gasteiger partial charge in [0.25, 0.3) is 5.56 Å². The maximum absolute atomic E-state index is 11.1. The molecule has 0 aliphatic heterocycles. The lowest BCUT2D eigenvalue weighted by atomic mass is 10.3. The highest BCUT2D eigenvalue weighted by Gasteiger charge is 2.00. The molecule has 0 spiro atoms. The fourth-order valence-corrected chi connectivity index (χ4v) is 2.16. The molecule has 0 saturated carbocycles. The van der Waals surface area contributed by atoms with Crippen LogP contribution in [0, 0.1) is 4.77 Å². The maximum Gasteiger partial charge on any atom is 0.251 e. The molecule has 0 fully saturated rings. The van der Waals surface area contributed by atoms with Gasteiger partial charge in [-0.3, -0.25) is 9.78 Å². The van der Waals surface area contributed by atoms with Crippen molar-refractivity contribution in [1.82, 2.24) is 9.55 Å². The topological polar surface area (TPSA) is 41.0 Å². The second-order valence-electron chi connectivity index (χ2n) is 4.41. The first kappa shape index (κ1) is 13.5. The predicted octanol–water partition coefficient (Wildman–Crippen LogP) is 2.43. The van der Waals surface area contributed by atoms with Gasteiger partial charge in [0.1, 0.15) is 0 Å². The minimum atomic E-state index is -0.150. The highest BCUT2D eigenvalue weighted by atomic mass is 32.1. The molecule has 2 aromatic rings. The molecule has 1 N–H and O–H groups in total. The number of benzene rings is 1. The van der Waals surface area contributed by atoms with Gasteiger partial charge in [-0.15, -0.1) is 0 Å². The summed E-state index contributed by atoms with van der Waals surface area (Å²) in [6.45, 7) is 1.73. The third kappa shape index (κ3) is 3.79. The molecule has 0 unspecified atom stereocenters. The van der Waals surface area contributed by atoms with Crippen LogP contribution in [-0.2, 0) is 6.54 Å². The Morgan fingerprint density at radius 3 is 2.68 bits per heavy atom. The van der Waals surface area contributed by atoms with Crippen LogP contribution in [0.1, 0.15) is 6.42 Å². The summed E-state index contributed by atoms with van der Waals surface area (Å²) in [5, 5.41) is 0. The summed E-state index contributed by atoms with van der Waals surface area (Å²) in [4.78, 5) is 15.9. The number of rotatable bonds is 5. The zero-order valence-electron chi connectivity index (χ0n) is 10.9. The normalized spacial score (nSPS) is 10.4. The van der Waals surface area contributed by atoms with E-state index in [0.29, 0.717) is 4.77 Å². The third-order valence-electron chi connectivity index (χ3n) is 2.99. The smallest absolute Gasteiger partial charge is 0.251 e. The first-order valence-corrected chi connectivity index (χ1v) is 6.63. The quantitative estimate of drug-likeness (QED) is 0.852. The number of aromatic nitrogens is 2. The minimum Gasteiger partial charge on any atom is -0.375 e. The molecular weight excluding hydrogens is 258 g/mol. The van der Waals surface area contributed by atoms with Crippen molar-refractivity contribution in [3.8, 4) is 0 Å². The molecule has 4 nitrogen and oxygen atoms in total. The molecule has 1 heterocycles. The van der Waals surface area contributed by atoms with Crippen LogP contribution in [0.25, 0.3) is 0 Å². The summed E-state index contributed by atoms with van der Waals surface area (Å²) in [7, 11) is 2.07. The number of nitrogens with zero attached hydrogens (tertiary/aromatic N) is 2. The van der Waals surface area contributed by atoms with E-state index in [1.165, 1.54) is 11.8 Å². The molecule has 0 amide bonds. The van der Waals surface area contributed by atoms with Gasteiger partial charge >= 0.3 is 0 Å². The Bertz CT molecular complexity index is 633. The van der Waals surface area contributed by atoms with Crippen LogP contribution < -0.4 is 10.5 Å². The Labute approximate surface area is 117 Å². The second kappa shape index (κ2) is 6.33. The fraction of sp³-hybridized carbons (Fsp3) is 0.286. The lowest BCUT2D eigenvalue weighted by molar-refractivity contribution is 0.615. The Balaban J connectivity index is 1.90. The van der Waals surface area contributed by atoms with Gasteiger partial charge in [-0.2, -0.15) is 0 Å². The average molecular weight is 275 g/mol. The van der Waals surface area contributed by atoms with Crippen LogP contribution in [0.2, 0.25) is 0 Å². The van der Waals surface area contributed by atoms with E-state index in [4.69, 9.17) is 12.2 Å². The number of aryl methyl sites for hydroxylation is 1. The van der Waals surface area contributed by atoms with Gasteiger partial charge in [0, 0.05) is 38.1 Å². The van der Waals surface area contributed by atoms with Crippen LogP contribution in [0.5, 0.6) is 0 Å². The summed E-state index contributed by atoms with van der Waals surface area (Å²) in [5.74, 6) is 0. The predicted molar refractivity (Wildman–Crippen MR) is 80.2 cm³/mol. The van der Waals surface area contributed by atoms with Crippen molar-refractivity contribution >= 4 is 17.9 Å². The second-order valence-corrected chi connectivity index (χ2v) is 4.80. The van der Waals surface area contributed by atoms with E-state index in [2.05, 4.69) is 29.1 Å². The van der Waals surface area contributed by atoms with E-state index in [1.54, 1.807) is 6.20 Å². The van der Waals surface area contributed by atoms with E-state index >= 15 is 0 Å². The van der Waals surface area contributed by atoms with E-state index < -0.39 is 0 Å². The van der Waals surface area contributed by atoms with Crippen molar-refractivity contribution in [2.45, 2.75) is 13.0 Å². The maximum atomic E-state index is 11.1. The summed E-state index contributed by atoms with van der Waals surface area (Å²) >= 11 is 5.11. The first-order chi connectivity index (χ1) is 9.16. The number of anilines is 1. The van der Waals surface area contributed by atoms with Gasteiger partial charge in [-0.05, 0) is 30.8 Å². The molecule has 0 bridgehead atoms. The number of hydrogen-bond acceptors (Lipinski definition) is 3. The lowest BCUT2D eigenvalue weighted by Gasteiger charge is -2.19. The van der Waals surface area contributed by atoms with Crippen LogP contribution in [0.15, 0.2) is 47.4 Å². The summed E-state index contributed by atoms with van der Waals surface area (Å²) in [5.41, 5.74) is 1.05. The molecule has 0 aliphatic carbocycles. The molecular formula is C14H17N3OS. The Hall–Kier alpha value is -1.88. The van der Waals surface area contributed by atoms with E-state index in [9.17, 15) is 4.79 Å². The zero-order chi connectivity index (χ0) is 13.7. The number of hydrogen-bond donors (Lipinski definition) is 1. The highest BCUT2D eigenvalue weighted by molar-refractivity contribution is 7.71. The van der Waals surface area contributed by atoms with Crippen LogP contribution in [0.4, 0.5) is 5.69 Å². The largest absolute Gasteiger partial charge is 0.375 e. The van der Waals surface area contributed by atoms with Crippen molar-refractivity contribution in [2.75, 3.05) is 18.5 Å². The molecule has 2 rings (SSSR count). The first-order valence-electron chi connectivity index (χ1n) is 6.23. The van der Waals surface area contributed by atoms with Gasteiger partial charge in [-0.1, -0.05) is 18.2 Å². The van der Waals surface area contributed by atoms with Crippen molar-refractivity contribution in [3.05, 3.63) is 57.7 Å². The molecule has 0 saturated heterocycles. The van der Waals surface area contributed by atoms with Gasteiger partial charge in [0.2, 0.25) is 0 Å². The van der Waals surface area contributed by atoms with Gasteiger partial charge < -0.3 is 9.47 Å².